The first-order valence-corrected chi connectivity index (χ1v) is 11.2. The lowest BCUT2D eigenvalue weighted by Crippen LogP contribution is -2.39. The molecule has 4 aliphatic carbocycles. The number of hydrogen-bond donors (Lipinski definition) is 1. The zero-order valence-electron chi connectivity index (χ0n) is 16.0. The van der Waals surface area contributed by atoms with Gasteiger partial charge in [-0.05, 0) is 54.9 Å². The van der Waals surface area contributed by atoms with E-state index < -0.39 is 27.5 Å². The van der Waals surface area contributed by atoms with Crippen LogP contribution in [0.4, 0.5) is 4.39 Å². The van der Waals surface area contributed by atoms with E-state index in [0.717, 1.165) is 35.7 Å². The summed E-state index contributed by atoms with van der Waals surface area (Å²) in [5, 5.41) is 0.0948. The van der Waals surface area contributed by atoms with E-state index in [1.54, 1.807) is 4.72 Å². The summed E-state index contributed by atoms with van der Waals surface area (Å²) in [5.74, 6) is -0.154. The summed E-state index contributed by atoms with van der Waals surface area (Å²) >= 11 is 6.26. The number of hydrogen-bond acceptors (Lipinski definition) is 4. The summed E-state index contributed by atoms with van der Waals surface area (Å²) in [5.41, 5.74) is -0.0308. The van der Waals surface area contributed by atoms with E-state index in [0.29, 0.717) is 23.2 Å². The van der Waals surface area contributed by atoms with Crippen molar-refractivity contribution in [2.24, 2.45) is 23.2 Å². The maximum absolute atomic E-state index is 14.6. The topological polar surface area (TPSA) is 75.7 Å². The maximum Gasteiger partial charge on any atom is 0.303 e. The monoisotopic (exact) mass is 430 g/mol. The van der Waals surface area contributed by atoms with E-state index in [-0.39, 0.29) is 16.9 Å². The normalized spacial score (nSPS) is 33.5. The molecule has 1 N–H and O–H groups in total. The molecule has 0 radical (unpaired) electrons. The number of benzene rings is 1. The molecule has 4 fully saturated rings. The first kappa shape index (κ1) is 19.9. The minimum atomic E-state index is -4.03. The van der Waals surface area contributed by atoms with Crippen molar-refractivity contribution in [3.8, 4) is 5.75 Å². The van der Waals surface area contributed by atoms with Gasteiger partial charge in [-0.1, -0.05) is 18.5 Å². The van der Waals surface area contributed by atoms with Crippen molar-refractivity contribution in [3.63, 3.8) is 0 Å². The fraction of sp³-hybridized carbons (Fsp3) is 0.632. The van der Waals surface area contributed by atoms with Crippen molar-refractivity contribution in [2.75, 3.05) is 14.1 Å². The highest BCUT2D eigenvalue weighted by molar-refractivity contribution is 7.87. The van der Waals surface area contributed by atoms with E-state index in [4.69, 9.17) is 16.3 Å². The number of carbonyl (C=O) groups is 1. The number of nitrogens with zero attached hydrogens (tertiary/aromatic N) is 1. The second-order valence-corrected chi connectivity index (χ2v) is 11.2. The van der Waals surface area contributed by atoms with Crippen molar-refractivity contribution in [1.82, 2.24) is 9.03 Å². The Morgan fingerprint density at radius 1 is 1.29 bits per heavy atom. The standard InChI is InChI=1S/C19H24ClFN2O4S/c1-19-7-10-4-11(8-19)17(13(10)9-19)27-16-6-15(21)12(5-14(16)20)18(24)22-28(25,26)23(2)3/h5-6,10-11,13,17H,4,7-9H2,1-3H3,(H,22,24)/t10?,11?,13?,17-,19?/m0/s1. The summed E-state index contributed by atoms with van der Waals surface area (Å²) in [4.78, 5) is 12.2. The van der Waals surface area contributed by atoms with E-state index in [1.807, 2.05) is 0 Å². The van der Waals surface area contributed by atoms with E-state index in [2.05, 4.69) is 6.92 Å². The summed E-state index contributed by atoms with van der Waals surface area (Å²) in [6, 6.07) is 2.21. The zero-order chi connectivity index (χ0) is 20.4. The second kappa shape index (κ2) is 6.57. The number of nitrogens with one attached hydrogen (secondary N) is 1. The molecular weight excluding hydrogens is 407 g/mol. The number of rotatable bonds is 5. The quantitative estimate of drug-likeness (QED) is 0.778. The number of halogens is 2. The fourth-order valence-corrected chi connectivity index (χ4v) is 6.24. The molecule has 4 aliphatic rings. The minimum Gasteiger partial charge on any atom is -0.488 e. The first-order valence-electron chi connectivity index (χ1n) is 9.39. The lowest BCUT2D eigenvalue weighted by atomic mass is 9.70. The lowest BCUT2D eigenvalue weighted by molar-refractivity contribution is 0.0425. The molecule has 0 aliphatic heterocycles. The molecule has 154 valence electrons. The van der Waals surface area contributed by atoms with E-state index in [1.165, 1.54) is 20.5 Å². The molecule has 4 unspecified atom stereocenters. The van der Waals surface area contributed by atoms with Gasteiger partial charge in [0.2, 0.25) is 0 Å². The molecule has 4 saturated carbocycles. The third kappa shape index (κ3) is 3.29. The van der Waals surface area contributed by atoms with Gasteiger partial charge in [-0.2, -0.15) is 12.7 Å². The van der Waals surface area contributed by atoms with Crippen LogP contribution < -0.4 is 9.46 Å². The Hall–Kier alpha value is -1.38. The molecule has 0 saturated heterocycles. The molecular formula is C19H24ClFN2O4S. The summed E-state index contributed by atoms with van der Waals surface area (Å²) in [7, 11) is -1.50. The van der Waals surface area contributed by atoms with Crippen LogP contribution in [0, 0.1) is 29.0 Å². The molecule has 5 atom stereocenters. The average Bonchev–Trinajstić information content (AvgIpc) is 2.95. The molecule has 6 nitrogen and oxygen atoms in total. The zero-order valence-corrected chi connectivity index (χ0v) is 17.6. The van der Waals surface area contributed by atoms with Crippen LogP contribution in [0.5, 0.6) is 5.75 Å². The van der Waals surface area contributed by atoms with Crippen LogP contribution in [0.1, 0.15) is 43.0 Å². The molecule has 1 aromatic rings. The van der Waals surface area contributed by atoms with Crippen LogP contribution >= 0.6 is 11.6 Å². The first-order chi connectivity index (χ1) is 13.0. The highest BCUT2D eigenvalue weighted by Gasteiger charge is 2.59. The van der Waals surface area contributed by atoms with Crippen LogP contribution in [-0.2, 0) is 10.2 Å². The number of ether oxygens (including phenoxy) is 1. The van der Waals surface area contributed by atoms with Gasteiger partial charge in [0.25, 0.3) is 5.91 Å². The van der Waals surface area contributed by atoms with Gasteiger partial charge in [0.1, 0.15) is 17.7 Å². The predicted octanol–water partition coefficient (Wildman–Crippen LogP) is 3.22. The molecule has 9 heteroatoms. The van der Waals surface area contributed by atoms with Gasteiger partial charge in [0, 0.05) is 20.2 Å². The van der Waals surface area contributed by atoms with Gasteiger partial charge in [0.15, 0.2) is 0 Å². The average molecular weight is 431 g/mol. The van der Waals surface area contributed by atoms with Gasteiger partial charge in [0.05, 0.1) is 10.6 Å². The highest BCUT2D eigenvalue weighted by Crippen LogP contribution is 2.64. The Morgan fingerprint density at radius 2 is 1.96 bits per heavy atom. The number of carbonyl (C=O) groups excluding carboxylic acids is 1. The lowest BCUT2D eigenvalue weighted by Gasteiger charge is -2.39. The summed E-state index contributed by atoms with van der Waals surface area (Å²) in [6.45, 7) is 2.34. The van der Waals surface area contributed by atoms with E-state index >= 15 is 0 Å². The van der Waals surface area contributed by atoms with Gasteiger partial charge < -0.3 is 4.74 Å². The van der Waals surface area contributed by atoms with Gasteiger partial charge >= 0.3 is 10.2 Å². The Balaban J connectivity index is 1.53. The molecule has 4 bridgehead atoms. The summed E-state index contributed by atoms with van der Waals surface area (Å²) in [6.07, 6.45) is 4.64. The maximum atomic E-state index is 14.6. The Labute approximate surface area is 169 Å². The van der Waals surface area contributed by atoms with Crippen molar-refractivity contribution >= 4 is 27.7 Å². The fourth-order valence-electron chi connectivity index (χ4n) is 5.50. The second-order valence-electron chi connectivity index (χ2n) is 8.91. The number of amides is 1. The third-order valence-corrected chi connectivity index (χ3v) is 8.27. The van der Waals surface area contributed by atoms with Gasteiger partial charge in [-0.15, -0.1) is 0 Å². The van der Waals surface area contributed by atoms with Gasteiger partial charge in [-0.3, -0.25) is 4.79 Å². The van der Waals surface area contributed by atoms with Crippen molar-refractivity contribution in [3.05, 3.63) is 28.5 Å². The van der Waals surface area contributed by atoms with Gasteiger partial charge in [-0.25, -0.2) is 9.11 Å². The van der Waals surface area contributed by atoms with E-state index in [9.17, 15) is 17.6 Å². The molecule has 28 heavy (non-hydrogen) atoms. The summed E-state index contributed by atoms with van der Waals surface area (Å²) < 4.78 is 46.9. The Bertz CT molecular complexity index is 934. The van der Waals surface area contributed by atoms with Crippen molar-refractivity contribution in [2.45, 2.75) is 38.7 Å². The predicted molar refractivity (Wildman–Crippen MR) is 103 cm³/mol. The molecule has 1 amide bonds. The molecule has 0 heterocycles. The van der Waals surface area contributed by atoms with Crippen molar-refractivity contribution < 1.29 is 22.3 Å². The Morgan fingerprint density at radius 3 is 2.61 bits per heavy atom. The van der Waals surface area contributed by atoms with Crippen LogP contribution in [0.3, 0.4) is 0 Å². The van der Waals surface area contributed by atoms with Crippen molar-refractivity contribution in [1.29, 1.82) is 0 Å². The molecule has 1 aromatic carbocycles. The molecule has 0 spiro atoms. The third-order valence-electron chi connectivity index (χ3n) is 6.57. The molecule has 0 aromatic heterocycles. The Kier molecular flexibility index (Phi) is 4.67. The van der Waals surface area contributed by atoms with Crippen LogP contribution in [-0.4, -0.2) is 38.8 Å². The SMILES string of the molecule is CN(C)S(=O)(=O)NC(=O)c1cc(Cl)c(O[C@H]2C3CC4CC(C)(C3)CC42)cc1F. The van der Waals surface area contributed by atoms with Crippen LogP contribution in [0.15, 0.2) is 12.1 Å². The minimum absolute atomic E-state index is 0.0197. The smallest absolute Gasteiger partial charge is 0.303 e. The highest BCUT2D eigenvalue weighted by atomic mass is 35.5. The van der Waals surface area contributed by atoms with Crippen LogP contribution in [0.2, 0.25) is 5.02 Å². The largest absolute Gasteiger partial charge is 0.488 e. The van der Waals surface area contributed by atoms with Crippen LogP contribution in [0.25, 0.3) is 0 Å². The molecule has 5 rings (SSSR count).